The van der Waals surface area contributed by atoms with Crippen LogP contribution >= 0.6 is 0 Å². The first-order valence-corrected chi connectivity index (χ1v) is 6.86. The highest BCUT2D eigenvalue weighted by Gasteiger charge is 2.29. The van der Waals surface area contributed by atoms with E-state index in [1.54, 1.807) is 0 Å². The van der Waals surface area contributed by atoms with E-state index < -0.39 is 0 Å². The summed E-state index contributed by atoms with van der Waals surface area (Å²) in [5.41, 5.74) is 1.50. The molecule has 2 fully saturated rings. The van der Waals surface area contributed by atoms with Gasteiger partial charge in [-0.1, -0.05) is 12.1 Å². The minimum absolute atomic E-state index is 0.148. The maximum atomic E-state index is 5.88. The van der Waals surface area contributed by atoms with Crippen LogP contribution in [0.25, 0.3) is 0 Å². The molecule has 2 atom stereocenters. The van der Waals surface area contributed by atoms with Gasteiger partial charge < -0.3 is 14.8 Å². The molecule has 0 spiro atoms. The maximum absolute atomic E-state index is 5.88. The fraction of sp³-hybridized carbons (Fsp3) is 0.600. The standard InChI is InChI=1S/C15H21NO2/c1-15(8-2-9-16-15)12-3-5-13(6-4-12)18-14-7-10-17-11-14/h3-6,14,16H,2,7-11H2,1H3. The van der Waals surface area contributed by atoms with Crippen molar-refractivity contribution in [2.24, 2.45) is 0 Å². The topological polar surface area (TPSA) is 30.5 Å². The molecule has 2 unspecified atom stereocenters. The Morgan fingerprint density at radius 3 is 2.78 bits per heavy atom. The van der Waals surface area contributed by atoms with Crippen molar-refractivity contribution in [3.05, 3.63) is 29.8 Å². The molecule has 3 heteroatoms. The van der Waals surface area contributed by atoms with E-state index in [4.69, 9.17) is 9.47 Å². The molecule has 18 heavy (non-hydrogen) atoms. The molecular formula is C15H21NO2. The van der Waals surface area contributed by atoms with E-state index >= 15 is 0 Å². The van der Waals surface area contributed by atoms with Crippen LogP contribution in [0.5, 0.6) is 5.75 Å². The van der Waals surface area contributed by atoms with Crippen LogP contribution in [0.2, 0.25) is 0 Å². The molecule has 0 saturated carbocycles. The van der Waals surface area contributed by atoms with Crippen LogP contribution in [0.3, 0.4) is 0 Å². The molecule has 0 bridgehead atoms. The average Bonchev–Trinajstić information content (AvgIpc) is 3.03. The van der Waals surface area contributed by atoms with Gasteiger partial charge in [0, 0.05) is 12.0 Å². The molecular weight excluding hydrogens is 226 g/mol. The molecule has 0 amide bonds. The normalized spacial score (nSPS) is 31.7. The Hall–Kier alpha value is -1.06. The highest BCUT2D eigenvalue weighted by Crippen LogP contribution is 2.31. The van der Waals surface area contributed by atoms with Crippen molar-refractivity contribution >= 4 is 0 Å². The van der Waals surface area contributed by atoms with Crippen LogP contribution in [0.15, 0.2) is 24.3 Å². The Morgan fingerprint density at radius 2 is 2.17 bits per heavy atom. The minimum atomic E-state index is 0.148. The Kier molecular flexibility index (Phi) is 3.27. The highest BCUT2D eigenvalue weighted by atomic mass is 16.5. The Balaban J connectivity index is 1.68. The lowest BCUT2D eigenvalue weighted by atomic mass is 9.91. The number of rotatable bonds is 3. The zero-order valence-corrected chi connectivity index (χ0v) is 10.9. The third-order valence-corrected chi connectivity index (χ3v) is 4.05. The summed E-state index contributed by atoms with van der Waals surface area (Å²) in [6.45, 7) is 4.95. The van der Waals surface area contributed by atoms with Crippen molar-refractivity contribution in [2.45, 2.75) is 37.8 Å². The van der Waals surface area contributed by atoms with Crippen molar-refractivity contribution in [2.75, 3.05) is 19.8 Å². The summed E-state index contributed by atoms with van der Waals surface area (Å²) >= 11 is 0. The second kappa shape index (κ2) is 4.90. The molecule has 1 N–H and O–H groups in total. The molecule has 1 aromatic carbocycles. The van der Waals surface area contributed by atoms with Gasteiger partial charge in [-0.3, -0.25) is 0 Å². The van der Waals surface area contributed by atoms with Gasteiger partial charge in [-0.15, -0.1) is 0 Å². The number of nitrogens with one attached hydrogen (secondary N) is 1. The summed E-state index contributed by atoms with van der Waals surface area (Å²) in [4.78, 5) is 0. The summed E-state index contributed by atoms with van der Waals surface area (Å²) in [6.07, 6.45) is 3.70. The number of hydrogen-bond acceptors (Lipinski definition) is 3. The zero-order chi connectivity index (χ0) is 12.4. The van der Waals surface area contributed by atoms with E-state index in [9.17, 15) is 0 Å². The first-order valence-electron chi connectivity index (χ1n) is 6.86. The summed E-state index contributed by atoms with van der Waals surface area (Å²) in [6, 6.07) is 8.53. The molecule has 2 saturated heterocycles. The third-order valence-electron chi connectivity index (χ3n) is 4.05. The second-order valence-corrected chi connectivity index (χ2v) is 5.49. The monoisotopic (exact) mass is 247 g/mol. The van der Waals surface area contributed by atoms with Gasteiger partial charge in [0.1, 0.15) is 11.9 Å². The van der Waals surface area contributed by atoms with Gasteiger partial charge in [-0.25, -0.2) is 0 Å². The lowest BCUT2D eigenvalue weighted by molar-refractivity contribution is 0.141. The smallest absolute Gasteiger partial charge is 0.124 e. The average molecular weight is 247 g/mol. The Morgan fingerprint density at radius 1 is 1.33 bits per heavy atom. The van der Waals surface area contributed by atoms with Crippen molar-refractivity contribution in [1.82, 2.24) is 5.32 Å². The van der Waals surface area contributed by atoms with Crippen LogP contribution in [-0.2, 0) is 10.3 Å². The van der Waals surface area contributed by atoms with E-state index in [0.717, 1.165) is 31.9 Å². The fourth-order valence-corrected chi connectivity index (χ4v) is 2.84. The Bertz CT molecular complexity index is 389. The van der Waals surface area contributed by atoms with Crippen molar-refractivity contribution in [1.29, 1.82) is 0 Å². The summed E-state index contributed by atoms with van der Waals surface area (Å²) < 4.78 is 11.2. The van der Waals surface area contributed by atoms with Gasteiger partial charge in [0.05, 0.1) is 13.2 Å². The molecule has 2 heterocycles. The van der Waals surface area contributed by atoms with E-state index in [1.165, 1.54) is 18.4 Å². The van der Waals surface area contributed by atoms with Crippen molar-refractivity contribution in [3.63, 3.8) is 0 Å². The SMILES string of the molecule is CC1(c2ccc(OC3CCOC3)cc2)CCCN1. The lowest BCUT2D eigenvalue weighted by Gasteiger charge is -2.25. The molecule has 98 valence electrons. The molecule has 0 aromatic heterocycles. The molecule has 1 aromatic rings. The van der Waals surface area contributed by atoms with Crippen LogP contribution in [-0.4, -0.2) is 25.9 Å². The Labute approximate surface area is 108 Å². The van der Waals surface area contributed by atoms with E-state index in [1.807, 2.05) is 0 Å². The van der Waals surface area contributed by atoms with Crippen molar-refractivity contribution < 1.29 is 9.47 Å². The van der Waals surface area contributed by atoms with Crippen LogP contribution in [0, 0.1) is 0 Å². The van der Waals surface area contributed by atoms with Crippen LogP contribution < -0.4 is 10.1 Å². The quantitative estimate of drug-likeness (QED) is 0.890. The predicted molar refractivity (Wildman–Crippen MR) is 70.9 cm³/mol. The van der Waals surface area contributed by atoms with Crippen LogP contribution in [0.1, 0.15) is 31.7 Å². The predicted octanol–water partition coefficient (Wildman–Crippen LogP) is 2.45. The van der Waals surface area contributed by atoms with Crippen LogP contribution in [0.4, 0.5) is 0 Å². The van der Waals surface area contributed by atoms with Gasteiger partial charge in [0.2, 0.25) is 0 Å². The lowest BCUT2D eigenvalue weighted by Crippen LogP contribution is -2.32. The van der Waals surface area contributed by atoms with E-state index in [2.05, 4.69) is 36.5 Å². The van der Waals surface area contributed by atoms with Gasteiger partial charge in [0.25, 0.3) is 0 Å². The summed E-state index contributed by atoms with van der Waals surface area (Å²) in [5.74, 6) is 0.954. The minimum Gasteiger partial charge on any atom is -0.488 e. The number of ether oxygens (including phenoxy) is 2. The molecule has 0 aliphatic carbocycles. The van der Waals surface area contributed by atoms with Gasteiger partial charge in [-0.2, -0.15) is 0 Å². The molecule has 3 nitrogen and oxygen atoms in total. The van der Waals surface area contributed by atoms with Gasteiger partial charge in [0.15, 0.2) is 0 Å². The third kappa shape index (κ3) is 2.38. The van der Waals surface area contributed by atoms with Gasteiger partial charge >= 0.3 is 0 Å². The maximum Gasteiger partial charge on any atom is 0.124 e. The molecule has 0 radical (unpaired) electrons. The summed E-state index contributed by atoms with van der Waals surface area (Å²) in [5, 5.41) is 3.58. The first-order chi connectivity index (χ1) is 8.76. The van der Waals surface area contributed by atoms with E-state index in [0.29, 0.717) is 0 Å². The summed E-state index contributed by atoms with van der Waals surface area (Å²) in [7, 11) is 0. The molecule has 2 aliphatic heterocycles. The zero-order valence-electron chi connectivity index (χ0n) is 10.9. The number of benzene rings is 1. The van der Waals surface area contributed by atoms with Crippen molar-refractivity contribution in [3.8, 4) is 5.75 Å². The first kappa shape index (κ1) is 12.0. The highest BCUT2D eigenvalue weighted by molar-refractivity contribution is 5.32. The molecule has 3 rings (SSSR count). The second-order valence-electron chi connectivity index (χ2n) is 5.49. The van der Waals surface area contributed by atoms with E-state index in [-0.39, 0.29) is 11.6 Å². The largest absolute Gasteiger partial charge is 0.488 e. The number of hydrogen-bond donors (Lipinski definition) is 1. The fourth-order valence-electron chi connectivity index (χ4n) is 2.84. The molecule has 2 aliphatic rings. The van der Waals surface area contributed by atoms with Gasteiger partial charge in [-0.05, 0) is 44.0 Å².